The number of hydrogen-bond acceptors (Lipinski definition) is 7. The molecule has 1 aliphatic heterocycles. The Morgan fingerprint density at radius 3 is 2.56 bits per heavy atom. The number of methoxy groups -OCH3 is 1. The van der Waals surface area contributed by atoms with Crippen LogP contribution in [0.4, 0.5) is 4.79 Å². The van der Waals surface area contributed by atoms with Gasteiger partial charge in [0.15, 0.2) is 0 Å². The third kappa shape index (κ3) is 7.18. The summed E-state index contributed by atoms with van der Waals surface area (Å²) in [6, 6.07) is 8.64. The number of amides is 1. The molecule has 1 aliphatic rings. The minimum Gasteiger partial charge on any atom is -0.465 e. The lowest BCUT2D eigenvalue weighted by Gasteiger charge is -2.31. The zero-order chi connectivity index (χ0) is 28.4. The van der Waals surface area contributed by atoms with E-state index in [0.29, 0.717) is 47.8 Å². The Balaban J connectivity index is 1.59. The number of aromatic nitrogens is 2. The minimum atomic E-state index is -1.22. The molecule has 9 nitrogen and oxygen atoms in total. The fourth-order valence-corrected chi connectivity index (χ4v) is 5.14. The molecule has 0 fully saturated rings. The highest BCUT2D eigenvalue weighted by molar-refractivity contribution is 6.76. The average Bonchev–Trinajstić information content (AvgIpc) is 3.24. The molecule has 2 aromatic heterocycles. The zero-order valence-corrected chi connectivity index (χ0v) is 25.0. The molecule has 0 radical (unpaired) electrons. The van der Waals surface area contributed by atoms with Gasteiger partial charge in [0.1, 0.15) is 29.5 Å². The van der Waals surface area contributed by atoms with Crippen LogP contribution < -0.4 is 4.74 Å². The normalized spacial score (nSPS) is 13.8. The fourth-order valence-electron chi connectivity index (χ4n) is 4.38. The smallest absolute Gasteiger partial charge is 0.410 e. The Labute approximate surface area is 231 Å². The Hall–Kier alpha value is -3.37. The summed E-state index contributed by atoms with van der Waals surface area (Å²) in [6.45, 7) is 14.4. The topological polar surface area (TPSA) is 92.1 Å². The second-order valence-electron chi connectivity index (χ2n) is 12.0. The third-order valence-corrected chi connectivity index (χ3v) is 8.12. The molecule has 3 aromatic rings. The van der Waals surface area contributed by atoms with Crippen molar-refractivity contribution >= 4 is 31.2 Å². The summed E-state index contributed by atoms with van der Waals surface area (Å²) in [5.74, 6) is 0.611. The minimum absolute atomic E-state index is 0.272. The Morgan fingerprint density at radius 1 is 1.10 bits per heavy atom. The van der Waals surface area contributed by atoms with Crippen LogP contribution in [0.2, 0.25) is 25.7 Å². The predicted octanol–water partition coefficient (Wildman–Crippen LogP) is 6.22. The number of nitrogens with zero attached hydrogens (tertiary/aromatic N) is 3. The molecular formula is C29H39N3O6Si. The van der Waals surface area contributed by atoms with Crippen LogP contribution in [0.5, 0.6) is 11.5 Å². The Morgan fingerprint density at radius 2 is 1.87 bits per heavy atom. The van der Waals surface area contributed by atoms with Crippen LogP contribution in [0, 0.1) is 0 Å². The second kappa shape index (κ2) is 11.4. The molecule has 4 rings (SSSR count). The van der Waals surface area contributed by atoms with E-state index in [1.807, 2.05) is 43.5 Å². The standard InChI is InChI=1S/C29H39N3O6Si/c1-29(2,3)38-28(34)31-13-11-20-8-9-22(16-21(20)17-31)37-24-10-12-30-26-25(24)23(27(33)35-4)18-32(26)19-36-14-15-39(5,6)7/h8-10,12,16,18H,11,13-15,17,19H2,1-7H3. The summed E-state index contributed by atoms with van der Waals surface area (Å²) < 4.78 is 24.7. The van der Waals surface area contributed by atoms with Gasteiger partial charge in [-0.2, -0.15) is 0 Å². The molecule has 210 valence electrons. The van der Waals surface area contributed by atoms with Gasteiger partial charge in [-0.25, -0.2) is 14.6 Å². The van der Waals surface area contributed by atoms with Gasteiger partial charge in [0.25, 0.3) is 0 Å². The van der Waals surface area contributed by atoms with Gasteiger partial charge in [-0.15, -0.1) is 0 Å². The fraction of sp³-hybridized carbons (Fsp3) is 0.483. The van der Waals surface area contributed by atoms with Crippen molar-refractivity contribution in [3.8, 4) is 11.5 Å². The van der Waals surface area contributed by atoms with Crippen LogP contribution in [0.15, 0.2) is 36.7 Å². The van der Waals surface area contributed by atoms with Crippen LogP contribution in [0.1, 0.15) is 42.3 Å². The molecule has 3 heterocycles. The zero-order valence-electron chi connectivity index (χ0n) is 24.0. The first-order valence-corrected chi connectivity index (χ1v) is 17.0. The predicted molar refractivity (Wildman–Crippen MR) is 152 cm³/mol. The van der Waals surface area contributed by atoms with Gasteiger partial charge in [-0.3, -0.25) is 0 Å². The van der Waals surface area contributed by atoms with E-state index in [-0.39, 0.29) is 12.8 Å². The van der Waals surface area contributed by atoms with Gasteiger partial charge in [-0.1, -0.05) is 25.7 Å². The van der Waals surface area contributed by atoms with Gasteiger partial charge in [0.05, 0.1) is 18.1 Å². The van der Waals surface area contributed by atoms with Crippen LogP contribution in [0.25, 0.3) is 11.0 Å². The van der Waals surface area contributed by atoms with E-state index in [2.05, 4.69) is 24.6 Å². The lowest BCUT2D eigenvalue weighted by Crippen LogP contribution is -2.39. The first-order valence-electron chi connectivity index (χ1n) is 13.3. The number of carbonyl (C=O) groups is 2. The number of pyridine rings is 1. The molecule has 0 N–H and O–H groups in total. The molecule has 0 unspecified atom stereocenters. The molecule has 39 heavy (non-hydrogen) atoms. The van der Waals surface area contributed by atoms with Crippen molar-refractivity contribution in [1.29, 1.82) is 0 Å². The van der Waals surface area contributed by atoms with Crippen molar-refractivity contribution in [3.63, 3.8) is 0 Å². The number of carbonyl (C=O) groups excluding carboxylic acids is 2. The van der Waals surface area contributed by atoms with Crippen molar-refractivity contribution in [1.82, 2.24) is 14.5 Å². The molecule has 0 bridgehead atoms. The molecule has 10 heteroatoms. The maximum atomic E-state index is 12.7. The van der Waals surface area contributed by atoms with E-state index in [1.165, 1.54) is 12.7 Å². The number of ether oxygens (including phenoxy) is 4. The Bertz CT molecular complexity index is 1360. The second-order valence-corrected chi connectivity index (χ2v) is 17.7. The number of hydrogen-bond donors (Lipinski definition) is 0. The van der Waals surface area contributed by atoms with Crippen molar-refractivity contribution in [3.05, 3.63) is 53.3 Å². The number of benzene rings is 1. The third-order valence-electron chi connectivity index (χ3n) is 6.42. The molecule has 0 saturated carbocycles. The van der Waals surface area contributed by atoms with Crippen molar-refractivity contribution in [2.45, 2.75) is 71.8 Å². The molecule has 0 saturated heterocycles. The van der Waals surface area contributed by atoms with Crippen molar-refractivity contribution < 1.29 is 28.5 Å². The van der Waals surface area contributed by atoms with E-state index in [4.69, 9.17) is 18.9 Å². The number of esters is 1. The number of fused-ring (bicyclic) bond motifs is 2. The van der Waals surface area contributed by atoms with Gasteiger partial charge in [0.2, 0.25) is 0 Å². The quantitative estimate of drug-likeness (QED) is 0.186. The monoisotopic (exact) mass is 553 g/mol. The lowest BCUT2D eigenvalue weighted by molar-refractivity contribution is 0.0223. The molecule has 1 amide bonds. The average molecular weight is 554 g/mol. The summed E-state index contributed by atoms with van der Waals surface area (Å²) in [5, 5.41) is 0.561. The summed E-state index contributed by atoms with van der Waals surface area (Å²) in [6.07, 6.45) is 3.77. The maximum Gasteiger partial charge on any atom is 0.410 e. The highest BCUT2D eigenvalue weighted by Gasteiger charge is 2.26. The highest BCUT2D eigenvalue weighted by atomic mass is 28.3. The lowest BCUT2D eigenvalue weighted by atomic mass is 10.00. The van der Waals surface area contributed by atoms with Gasteiger partial charge in [-0.05, 0) is 62.6 Å². The van der Waals surface area contributed by atoms with Crippen LogP contribution in [-0.4, -0.2) is 60.4 Å². The van der Waals surface area contributed by atoms with Gasteiger partial charge >= 0.3 is 12.1 Å². The summed E-state index contributed by atoms with van der Waals surface area (Å²) in [7, 11) is 0.129. The van der Waals surface area contributed by atoms with E-state index < -0.39 is 19.6 Å². The highest BCUT2D eigenvalue weighted by Crippen LogP contribution is 2.35. The van der Waals surface area contributed by atoms with Gasteiger partial charge in [0, 0.05) is 40.2 Å². The summed E-state index contributed by atoms with van der Waals surface area (Å²) >= 11 is 0. The first kappa shape index (κ1) is 28.6. The van der Waals surface area contributed by atoms with Gasteiger partial charge < -0.3 is 28.4 Å². The Kier molecular flexibility index (Phi) is 8.36. The van der Waals surface area contributed by atoms with E-state index in [1.54, 1.807) is 23.4 Å². The molecule has 1 aromatic carbocycles. The van der Waals surface area contributed by atoms with E-state index >= 15 is 0 Å². The van der Waals surface area contributed by atoms with Crippen LogP contribution in [0.3, 0.4) is 0 Å². The van der Waals surface area contributed by atoms with Crippen molar-refractivity contribution in [2.75, 3.05) is 20.3 Å². The van der Waals surface area contributed by atoms with Crippen LogP contribution >= 0.6 is 0 Å². The number of rotatable bonds is 8. The maximum absolute atomic E-state index is 12.7. The first-order chi connectivity index (χ1) is 18.3. The largest absolute Gasteiger partial charge is 0.465 e. The van der Waals surface area contributed by atoms with E-state index in [9.17, 15) is 9.59 Å². The molecule has 0 aliphatic carbocycles. The van der Waals surface area contributed by atoms with Crippen molar-refractivity contribution in [2.24, 2.45) is 0 Å². The molecule has 0 atom stereocenters. The SMILES string of the molecule is COC(=O)c1cn(COCC[Si](C)(C)C)c2nccc(Oc3ccc4c(c3)CN(C(=O)OC(C)(C)C)CC4)c12. The summed E-state index contributed by atoms with van der Waals surface area (Å²) in [5.41, 5.74) is 2.55. The molecular weight excluding hydrogens is 514 g/mol. The molecule has 0 spiro atoms. The van der Waals surface area contributed by atoms with Crippen LogP contribution in [-0.2, 0) is 33.9 Å². The van der Waals surface area contributed by atoms with E-state index in [0.717, 1.165) is 18.0 Å². The summed E-state index contributed by atoms with van der Waals surface area (Å²) in [4.78, 5) is 31.6.